The van der Waals surface area contributed by atoms with Crippen LogP contribution in [0.25, 0.3) is 21.3 Å². The Balaban J connectivity index is 1.33. The first kappa shape index (κ1) is 19.3. The standard InChI is InChI=1S/C23H25N3O3S/c27-22-11-16(14-24-22)5-8-29-21-13-18(12-20-23(21)30-15-25-20)17-1-3-19(4-2-17)26-6-9-28-10-7-26/h1-4,12-13,15-16H,5-11,14H2,(H,24,27)/t16-/m1/s1. The van der Waals surface area contributed by atoms with Crippen molar-refractivity contribution in [1.29, 1.82) is 0 Å². The van der Waals surface area contributed by atoms with E-state index in [0.29, 0.717) is 18.9 Å². The van der Waals surface area contributed by atoms with Crippen LogP contribution in [0.4, 0.5) is 5.69 Å². The summed E-state index contributed by atoms with van der Waals surface area (Å²) in [5.41, 5.74) is 6.31. The number of nitrogens with one attached hydrogen (secondary N) is 1. The van der Waals surface area contributed by atoms with Crippen molar-refractivity contribution in [3.63, 3.8) is 0 Å². The average molecular weight is 424 g/mol. The normalized spacial score (nSPS) is 19.3. The zero-order valence-corrected chi connectivity index (χ0v) is 17.6. The first-order valence-corrected chi connectivity index (χ1v) is 11.3. The molecule has 2 aliphatic rings. The highest BCUT2D eigenvalue weighted by Crippen LogP contribution is 2.35. The van der Waals surface area contributed by atoms with E-state index in [-0.39, 0.29) is 5.91 Å². The Labute approximate surface area is 179 Å². The number of amides is 1. The summed E-state index contributed by atoms with van der Waals surface area (Å²) < 4.78 is 12.7. The molecule has 3 heterocycles. The fourth-order valence-corrected chi connectivity index (χ4v) is 4.84. The second-order valence-electron chi connectivity index (χ2n) is 7.83. The number of hydrogen-bond donors (Lipinski definition) is 1. The van der Waals surface area contributed by atoms with Gasteiger partial charge in [0.05, 0.1) is 35.5 Å². The number of thiazole rings is 1. The number of aromatic nitrogens is 1. The minimum absolute atomic E-state index is 0.146. The molecule has 156 valence electrons. The van der Waals surface area contributed by atoms with Crippen molar-refractivity contribution in [2.75, 3.05) is 44.4 Å². The summed E-state index contributed by atoms with van der Waals surface area (Å²) in [5, 5.41) is 2.89. The van der Waals surface area contributed by atoms with Gasteiger partial charge in [0.2, 0.25) is 5.91 Å². The Kier molecular flexibility index (Phi) is 5.55. The predicted octanol–water partition coefficient (Wildman–Crippen LogP) is 3.70. The van der Waals surface area contributed by atoms with E-state index in [1.807, 2.05) is 5.51 Å². The van der Waals surface area contributed by atoms with E-state index >= 15 is 0 Å². The molecule has 30 heavy (non-hydrogen) atoms. The number of carbonyl (C=O) groups is 1. The molecule has 7 heteroatoms. The summed E-state index contributed by atoms with van der Waals surface area (Å²) in [6.45, 7) is 4.80. The lowest BCUT2D eigenvalue weighted by Gasteiger charge is -2.28. The largest absolute Gasteiger partial charge is 0.492 e. The van der Waals surface area contributed by atoms with Gasteiger partial charge >= 0.3 is 0 Å². The Morgan fingerprint density at radius 3 is 2.77 bits per heavy atom. The lowest BCUT2D eigenvalue weighted by molar-refractivity contribution is -0.119. The van der Waals surface area contributed by atoms with E-state index in [1.165, 1.54) is 5.69 Å². The monoisotopic (exact) mass is 423 g/mol. The van der Waals surface area contributed by atoms with Gasteiger partial charge in [-0.15, -0.1) is 11.3 Å². The van der Waals surface area contributed by atoms with E-state index in [2.05, 4.69) is 51.6 Å². The number of morpholine rings is 1. The molecule has 0 spiro atoms. The number of ether oxygens (including phenoxy) is 2. The van der Waals surface area contributed by atoms with Crippen molar-refractivity contribution in [2.45, 2.75) is 12.8 Å². The van der Waals surface area contributed by atoms with Crippen molar-refractivity contribution < 1.29 is 14.3 Å². The Bertz CT molecular complexity index is 1030. The zero-order valence-electron chi connectivity index (χ0n) is 16.8. The molecule has 5 rings (SSSR count). The molecule has 1 N–H and O–H groups in total. The summed E-state index contributed by atoms with van der Waals surface area (Å²) in [4.78, 5) is 18.3. The first-order chi connectivity index (χ1) is 14.8. The molecule has 0 bridgehead atoms. The third-order valence-corrected chi connectivity index (χ3v) is 6.68. The zero-order chi connectivity index (χ0) is 20.3. The minimum atomic E-state index is 0.146. The molecule has 2 fully saturated rings. The maximum Gasteiger partial charge on any atom is 0.220 e. The minimum Gasteiger partial charge on any atom is -0.492 e. The predicted molar refractivity (Wildman–Crippen MR) is 119 cm³/mol. The van der Waals surface area contributed by atoms with E-state index in [9.17, 15) is 4.79 Å². The molecule has 1 atom stereocenters. The van der Waals surface area contributed by atoms with Gasteiger partial charge in [-0.3, -0.25) is 4.79 Å². The molecule has 0 unspecified atom stereocenters. The molecule has 2 aliphatic heterocycles. The number of anilines is 1. The molecule has 2 saturated heterocycles. The van der Waals surface area contributed by atoms with Crippen molar-refractivity contribution in [3.8, 4) is 16.9 Å². The maximum atomic E-state index is 11.4. The second kappa shape index (κ2) is 8.62. The first-order valence-electron chi connectivity index (χ1n) is 10.5. The molecular formula is C23H25N3O3S. The van der Waals surface area contributed by atoms with Crippen LogP contribution in [-0.2, 0) is 9.53 Å². The lowest BCUT2D eigenvalue weighted by atomic mass is 10.0. The number of hydrogen-bond acceptors (Lipinski definition) is 6. The van der Waals surface area contributed by atoms with Gasteiger partial charge in [-0.1, -0.05) is 12.1 Å². The van der Waals surface area contributed by atoms with E-state index < -0.39 is 0 Å². The molecule has 2 aromatic carbocycles. The molecule has 0 aliphatic carbocycles. The fraction of sp³-hybridized carbons (Fsp3) is 0.391. The Hall–Kier alpha value is -2.64. The van der Waals surface area contributed by atoms with Gasteiger partial charge in [-0.2, -0.15) is 0 Å². The Morgan fingerprint density at radius 2 is 2.00 bits per heavy atom. The van der Waals surface area contributed by atoms with Crippen molar-refractivity contribution in [1.82, 2.24) is 10.3 Å². The molecule has 1 aromatic heterocycles. The van der Waals surface area contributed by atoms with Crippen LogP contribution in [0.3, 0.4) is 0 Å². The van der Waals surface area contributed by atoms with Gasteiger partial charge in [0, 0.05) is 31.7 Å². The number of benzene rings is 2. The highest BCUT2D eigenvalue weighted by molar-refractivity contribution is 7.17. The van der Waals surface area contributed by atoms with Crippen LogP contribution in [0.2, 0.25) is 0 Å². The van der Waals surface area contributed by atoms with Crippen molar-refractivity contribution in [2.24, 2.45) is 5.92 Å². The van der Waals surface area contributed by atoms with Crippen molar-refractivity contribution in [3.05, 3.63) is 41.9 Å². The van der Waals surface area contributed by atoms with Crippen LogP contribution in [0.15, 0.2) is 41.9 Å². The van der Waals surface area contributed by atoms with E-state index in [1.54, 1.807) is 11.3 Å². The van der Waals surface area contributed by atoms with Gasteiger partial charge in [0.1, 0.15) is 5.75 Å². The van der Waals surface area contributed by atoms with Crippen LogP contribution >= 0.6 is 11.3 Å². The van der Waals surface area contributed by atoms with Crippen LogP contribution in [-0.4, -0.2) is 50.3 Å². The highest BCUT2D eigenvalue weighted by atomic mass is 32.1. The number of rotatable bonds is 6. The summed E-state index contributed by atoms with van der Waals surface area (Å²) in [5.74, 6) is 1.39. The summed E-state index contributed by atoms with van der Waals surface area (Å²) >= 11 is 1.60. The van der Waals surface area contributed by atoms with Gasteiger partial charge in [-0.05, 0) is 47.7 Å². The van der Waals surface area contributed by atoms with Gasteiger partial charge in [0.25, 0.3) is 0 Å². The van der Waals surface area contributed by atoms with E-state index in [4.69, 9.17) is 9.47 Å². The summed E-state index contributed by atoms with van der Waals surface area (Å²) in [7, 11) is 0. The lowest BCUT2D eigenvalue weighted by Crippen LogP contribution is -2.36. The topological polar surface area (TPSA) is 63.7 Å². The third kappa shape index (κ3) is 4.13. The Morgan fingerprint density at radius 1 is 1.17 bits per heavy atom. The molecule has 1 amide bonds. The molecule has 0 radical (unpaired) electrons. The van der Waals surface area contributed by atoms with Gasteiger partial charge in [0.15, 0.2) is 0 Å². The number of carbonyl (C=O) groups excluding carboxylic acids is 1. The van der Waals surface area contributed by atoms with Crippen LogP contribution < -0.4 is 15.0 Å². The molecule has 3 aromatic rings. The highest BCUT2D eigenvalue weighted by Gasteiger charge is 2.21. The molecular weight excluding hydrogens is 398 g/mol. The number of nitrogens with zero attached hydrogens (tertiary/aromatic N) is 2. The SMILES string of the molecule is O=C1C[C@@H](CCOc2cc(-c3ccc(N4CCOCC4)cc3)cc3ncsc23)CN1. The van der Waals surface area contributed by atoms with Crippen LogP contribution in [0.5, 0.6) is 5.75 Å². The van der Waals surface area contributed by atoms with Gasteiger partial charge in [-0.25, -0.2) is 4.98 Å². The summed E-state index contributed by atoms with van der Waals surface area (Å²) in [6.07, 6.45) is 1.48. The number of fused-ring (bicyclic) bond motifs is 1. The smallest absolute Gasteiger partial charge is 0.220 e. The van der Waals surface area contributed by atoms with Crippen molar-refractivity contribution >= 4 is 33.1 Å². The third-order valence-electron chi connectivity index (χ3n) is 5.82. The van der Waals surface area contributed by atoms with Gasteiger partial charge < -0.3 is 19.7 Å². The van der Waals surface area contributed by atoms with Crippen LogP contribution in [0.1, 0.15) is 12.8 Å². The fourth-order valence-electron chi connectivity index (χ4n) is 4.10. The molecule has 6 nitrogen and oxygen atoms in total. The maximum absolute atomic E-state index is 11.4. The van der Waals surface area contributed by atoms with Crippen LogP contribution in [0, 0.1) is 5.92 Å². The van der Waals surface area contributed by atoms with E-state index in [0.717, 1.165) is 66.4 Å². The average Bonchev–Trinajstić information content (AvgIpc) is 3.43. The second-order valence-corrected chi connectivity index (χ2v) is 8.69. The quantitative estimate of drug-likeness (QED) is 0.655. The summed E-state index contributed by atoms with van der Waals surface area (Å²) in [6, 6.07) is 12.9. The molecule has 0 saturated carbocycles.